The number of ether oxygens (including phenoxy) is 1. The first kappa shape index (κ1) is 21.6. The SMILES string of the molecule is CCN(C(=O)[C@@H]1CCCN1S(=O)(=O)c1cc2c(cc1Cl)NC(=O)CO2)c1ccccc1. The maximum Gasteiger partial charge on any atom is 0.262 e. The van der Waals surface area contributed by atoms with Gasteiger partial charge in [0.15, 0.2) is 6.61 Å². The summed E-state index contributed by atoms with van der Waals surface area (Å²) < 4.78 is 33.6. The van der Waals surface area contributed by atoms with E-state index in [9.17, 15) is 18.0 Å². The van der Waals surface area contributed by atoms with E-state index in [0.717, 1.165) is 5.69 Å². The molecule has 0 unspecified atom stereocenters. The predicted molar refractivity (Wildman–Crippen MR) is 117 cm³/mol. The van der Waals surface area contributed by atoms with E-state index in [1.807, 2.05) is 37.3 Å². The molecule has 2 aromatic rings. The summed E-state index contributed by atoms with van der Waals surface area (Å²) in [5.41, 5.74) is 1.03. The van der Waals surface area contributed by atoms with Gasteiger partial charge in [-0.25, -0.2) is 8.42 Å². The number of para-hydroxylation sites is 1. The fourth-order valence-corrected chi connectivity index (χ4v) is 6.10. The average Bonchev–Trinajstić information content (AvgIpc) is 3.25. The molecule has 2 aliphatic rings. The van der Waals surface area contributed by atoms with Crippen LogP contribution in [0.1, 0.15) is 19.8 Å². The highest BCUT2D eigenvalue weighted by Gasteiger charge is 2.42. The lowest BCUT2D eigenvalue weighted by Crippen LogP contribution is -2.48. The van der Waals surface area contributed by atoms with Gasteiger partial charge in [-0.2, -0.15) is 4.31 Å². The van der Waals surface area contributed by atoms with Gasteiger partial charge in [0.25, 0.3) is 5.91 Å². The third-order valence-corrected chi connectivity index (χ3v) is 7.77. The van der Waals surface area contributed by atoms with Crippen molar-refractivity contribution in [2.45, 2.75) is 30.7 Å². The molecular formula is C21H22ClN3O5S. The summed E-state index contributed by atoms with van der Waals surface area (Å²) in [5, 5.41) is 2.56. The van der Waals surface area contributed by atoms with Crippen LogP contribution in [-0.4, -0.2) is 50.3 Å². The van der Waals surface area contributed by atoms with E-state index in [2.05, 4.69) is 5.32 Å². The number of sulfonamides is 1. The lowest BCUT2D eigenvalue weighted by Gasteiger charge is -2.29. The van der Waals surface area contributed by atoms with E-state index in [1.165, 1.54) is 16.4 Å². The number of carbonyl (C=O) groups excluding carboxylic acids is 2. The molecule has 0 radical (unpaired) electrons. The number of rotatable bonds is 5. The normalized spacial score (nSPS) is 18.8. The Morgan fingerprint density at radius 2 is 2.03 bits per heavy atom. The van der Waals surface area contributed by atoms with E-state index in [1.54, 1.807) is 4.90 Å². The number of amides is 2. The van der Waals surface area contributed by atoms with E-state index in [0.29, 0.717) is 25.1 Å². The number of hydrogen-bond donors (Lipinski definition) is 1. The first-order valence-electron chi connectivity index (χ1n) is 9.97. The number of benzene rings is 2. The molecule has 2 amide bonds. The number of halogens is 1. The van der Waals surface area contributed by atoms with Gasteiger partial charge < -0.3 is 15.0 Å². The summed E-state index contributed by atoms with van der Waals surface area (Å²) in [5.74, 6) is -0.388. The highest BCUT2D eigenvalue weighted by Crippen LogP contribution is 2.38. The minimum absolute atomic E-state index is 0.0435. The number of anilines is 2. The summed E-state index contributed by atoms with van der Waals surface area (Å²) in [6, 6.07) is 11.0. The molecule has 10 heteroatoms. The Morgan fingerprint density at radius 3 is 2.74 bits per heavy atom. The summed E-state index contributed by atoms with van der Waals surface area (Å²) >= 11 is 6.28. The van der Waals surface area contributed by atoms with Gasteiger partial charge in [0.2, 0.25) is 15.9 Å². The predicted octanol–water partition coefficient (Wildman–Crippen LogP) is 2.88. The van der Waals surface area contributed by atoms with Crippen LogP contribution < -0.4 is 15.0 Å². The minimum atomic E-state index is -4.07. The molecule has 8 nitrogen and oxygen atoms in total. The number of likely N-dealkylation sites (N-methyl/N-ethyl adjacent to an activating group) is 1. The molecule has 1 saturated heterocycles. The second-order valence-electron chi connectivity index (χ2n) is 7.31. The Labute approximate surface area is 185 Å². The van der Waals surface area contributed by atoms with Gasteiger partial charge in [0.1, 0.15) is 16.7 Å². The molecule has 2 heterocycles. The molecule has 0 saturated carbocycles. The van der Waals surface area contributed by atoms with Crippen molar-refractivity contribution in [2.75, 3.05) is 29.9 Å². The monoisotopic (exact) mass is 463 g/mol. The summed E-state index contributed by atoms with van der Waals surface area (Å²) in [6.07, 6.45) is 0.994. The molecule has 164 valence electrons. The molecule has 2 aromatic carbocycles. The zero-order valence-corrected chi connectivity index (χ0v) is 18.4. The minimum Gasteiger partial charge on any atom is -0.482 e. The lowest BCUT2D eigenvalue weighted by atomic mass is 10.2. The van der Waals surface area contributed by atoms with Gasteiger partial charge in [0.05, 0.1) is 10.7 Å². The molecule has 31 heavy (non-hydrogen) atoms. The Kier molecular flexibility index (Phi) is 5.92. The lowest BCUT2D eigenvalue weighted by molar-refractivity contribution is -0.121. The molecule has 0 bridgehead atoms. The molecule has 0 aromatic heterocycles. The fourth-order valence-electron chi connectivity index (χ4n) is 3.93. The molecule has 0 spiro atoms. The van der Waals surface area contributed by atoms with Crippen molar-refractivity contribution in [1.82, 2.24) is 4.31 Å². The molecule has 1 atom stereocenters. The number of nitrogens with zero attached hydrogens (tertiary/aromatic N) is 2. The summed E-state index contributed by atoms with van der Waals surface area (Å²) in [4.78, 5) is 26.3. The van der Waals surface area contributed by atoms with Gasteiger partial charge >= 0.3 is 0 Å². The second kappa shape index (κ2) is 8.49. The maximum atomic E-state index is 13.5. The molecule has 1 fully saturated rings. The number of nitrogens with one attached hydrogen (secondary N) is 1. The second-order valence-corrected chi connectivity index (χ2v) is 9.57. The van der Waals surface area contributed by atoms with Gasteiger partial charge in [-0.3, -0.25) is 9.59 Å². The molecule has 4 rings (SSSR count). The third-order valence-electron chi connectivity index (χ3n) is 5.39. The van der Waals surface area contributed by atoms with Crippen LogP contribution in [0.2, 0.25) is 5.02 Å². The Morgan fingerprint density at radius 1 is 1.29 bits per heavy atom. The smallest absolute Gasteiger partial charge is 0.262 e. The van der Waals surface area contributed by atoms with E-state index >= 15 is 0 Å². The van der Waals surface area contributed by atoms with Crippen LogP contribution in [0, 0.1) is 0 Å². The molecule has 1 N–H and O–H groups in total. The first-order chi connectivity index (χ1) is 14.8. The van der Waals surface area contributed by atoms with Gasteiger partial charge in [-0.1, -0.05) is 29.8 Å². The van der Waals surface area contributed by atoms with Crippen molar-refractivity contribution in [3.05, 3.63) is 47.5 Å². The molecular weight excluding hydrogens is 442 g/mol. The van der Waals surface area contributed by atoms with Crippen molar-refractivity contribution in [2.24, 2.45) is 0 Å². The molecule has 0 aliphatic carbocycles. The van der Waals surface area contributed by atoms with Crippen LogP contribution >= 0.6 is 11.6 Å². The largest absolute Gasteiger partial charge is 0.482 e. The van der Waals surface area contributed by atoms with E-state index in [4.69, 9.17) is 16.3 Å². The third kappa shape index (κ3) is 4.00. The number of carbonyl (C=O) groups is 2. The standard InChI is InChI=1S/C21H22ClN3O5S/c1-2-24(14-7-4-3-5-8-14)21(27)17-9-6-10-25(17)31(28,29)19-12-18-16(11-15(19)22)23-20(26)13-30-18/h3-5,7-8,11-12,17H,2,6,9-10,13H2,1H3,(H,23,26)/t17-/m0/s1. The van der Waals surface area contributed by atoms with Crippen molar-refractivity contribution in [3.63, 3.8) is 0 Å². The van der Waals surface area contributed by atoms with Gasteiger partial charge in [-0.15, -0.1) is 0 Å². The van der Waals surface area contributed by atoms with Crippen LogP contribution in [0.5, 0.6) is 5.75 Å². The van der Waals surface area contributed by atoms with Crippen LogP contribution in [0.15, 0.2) is 47.4 Å². The average molecular weight is 464 g/mol. The van der Waals surface area contributed by atoms with Crippen LogP contribution in [0.4, 0.5) is 11.4 Å². The van der Waals surface area contributed by atoms with Crippen LogP contribution in [0.25, 0.3) is 0 Å². The van der Waals surface area contributed by atoms with Gasteiger partial charge in [0, 0.05) is 24.8 Å². The summed E-state index contributed by atoms with van der Waals surface area (Å²) in [7, 11) is -4.07. The quantitative estimate of drug-likeness (QED) is 0.735. The fraction of sp³-hybridized carbons (Fsp3) is 0.333. The van der Waals surface area contributed by atoms with Crippen LogP contribution in [0.3, 0.4) is 0 Å². The summed E-state index contributed by atoms with van der Waals surface area (Å²) in [6.45, 7) is 2.28. The van der Waals surface area contributed by atoms with E-state index in [-0.39, 0.29) is 40.6 Å². The van der Waals surface area contributed by atoms with Gasteiger partial charge in [-0.05, 0) is 38.0 Å². The van der Waals surface area contributed by atoms with Crippen molar-refractivity contribution < 1.29 is 22.7 Å². The highest BCUT2D eigenvalue weighted by atomic mass is 35.5. The topological polar surface area (TPSA) is 96.0 Å². The van der Waals surface area contributed by atoms with Crippen molar-refractivity contribution in [3.8, 4) is 5.75 Å². The van der Waals surface area contributed by atoms with Crippen LogP contribution in [-0.2, 0) is 19.6 Å². The number of hydrogen-bond acceptors (Lipinski definition) is 5. The highest BCUT2D eigenvalue weighted by molar-refractivity contribution is 7.89. The maximum absolute atomic E-state index is 13.5. The van der Waals surface area contributed by atoms with E-state index < -0.39 is 16.1 Å². The zero-order chi connectivity index (χ0) is 22.2. The molecule has 2 aliphatic heterocycles. The Hall–Kier alpha value is -2.62. The first-order valence-corrected chi connectivity index (χ1v) is 11.8. The Balaban J connectivity index is 1.67. The zero-order valence-electron chi connectivity index (χ0n) is 16.9. The Bertz CT molecular complexity index is 1120. The number of fused-ring (bicyclic) bond motifs is 1. The van der Waals surface area contributed by atoms with Crippen molar-refractivity contribution in [1.29, 1.82) is 0 Å². The van der Waals surface area contributed by atoms with Crippen molar-refractivity contribution >= 4 is 44.8 Å².